The van der Waals surface area contributed by atoms with Crippen molar-refractivity contribution in [2.45, 2.75) is 51.9 Å². The van der Waals surface area contributed by atoms with Gasteiger partial charge in [0.1, 0.15) is 11.7 Å². The first-order chi connectivity index (χ1) is 13.3. The van der Waals surface area contributed by atoms with Gasteiger partial charge in [0, 0.05) is 24.6 Å². The van der Waals surface area contributed by atoms with Crippen molar-refractivity contribution in [3.63, 3.8) is 0 Å². The molecular formula is C21H28F2N2O4. The number of aliphatic hydroxyl groups excluding tert-OH is 1. The maximum atomic E-state index is 14.0. The SMILES string of the molecule is CC(C)(C)OC(=O)N1C[C@@H]2[C@H](C1)[C@H]2C(=O)NC(C)(C)C(O)c1cccc(F)c1F. The van der Waals surface area contributed by atoms with E-state index in [1.54, 1.807) is 39.5 Å². The van der Waals surface area contributed by atoms with Gasteiger partial charge >= 0.3 is 6.09 Å². The van der Waals surface area contributed by atoms with Crippen molar-refractivity contribution < 1.29 is 28.2 Å². The number of hydrogen-bond acceptors (Lipinski definition) is 4. The van der Waals surface area contributed by atoms with Gasteiger partial charge in [-0.25, -0.2) is 13.6 Å². The molecule has 29 heavy (non-hydrogen) atoms. The number of carbonyl (C=O) groups excluding carboxylic acids is 2. The summed E-state index contributed by atoms with van der Waals surface area (Å²) in [4.78, 5) is 26.4. The minimum absolute atomic E-state index is 0.0429. The van der Waals surface area contributed by atoms with E-state index in [1.807, 2.05) is 0 Å². The summed E-state index contributed by atoms with van der Waals surface area (Å²) in [7, 11) is 0. The Kier molecular flexibility index (Phi) is 5.36. The number of fused-ring (bicyclic) bond motifs is 1. The molecule has 4 atom stereocenters. The zero-order valence-corrected chi connectivity index (χ0v) is 17.3. The van der Waals surface area contributed by atoms with Crippen LogP contribution in [0.4, 0.5) is 13.6 Å². The number of hydrogen-bond donors (Lipinski definition) is 2. The smallest absolute Gasteiger partial charge is 0.410 e. The molecule has 1 heterocycles. The number of aliphatic hydroxyl groups is 1. The summed E-state index contributed by atoms with van der Waals surface area (Å²) in [6.45, 7) is 9.40. The topological polar surface area (TPSA) is 78.9 Å². The van der Waals surface area contributed by atoms with Gasteiger partial charge < -0.3 is 20.1 Å². The summed E-state index contributed by atoms with van der Waals surface area (Å²) in [5, 5.41) is 13.3. The number of nitrogens with one attached hydrogen (secondary N) is 1. The number of benzene rings is 1. The molecule has 1 aliphatic heterocycles. The third-order valence-electron chi connectivity index (χ3n) is 5.55. The summed E-state index contributed by atoms with van der Waals surface area (Å²) < 4.78 is 32.8. The molecular weight excluding hydrogens is 382 g/mol. The highest BCUT2D eigenvalue weighted by molar-refractivity contribution is 5.84. The molecule has 0 aromatic heterocycles. The number of piperidine rings is 1. The fourth-order valence-electron chi connectivity index (χ4n) is 3.98. The second kappa shape index (κ2) is 7.23. The molecule has 2 aliphatic rings. The number of halogens is 2. The predicted molar refractivity (Wildman–Crippen MR) is 102 cm³/mol. The van der Waals surface area contributed by atoms with Crippen molar-refractivity contribution >= 4 is 12.0 Å². The molecule has 160 valence electrons. The summed E-state index contributed by atoms with van der Waals surface area (Å²) >= 11 is 0. The number of rotatable bonds is 4. The average Bonchev–Trinajstić information content (AvgIpc) is 3.09. The molecule has 1 saturated heterocycles. The molecule has 2 N–H and O–H groups in total. The van der Waals surface area contributed by atoms with Gasteiger partial charge in [-0.15, -0.1) is 0 Å². The third-order valence-corrected chi connectivity index (χ3v) is 5.55. The molecule has 1 saturated carbocycles. The highest BCUT2D eigenvalue weighted by atomic mass is 19.2. The minimum Gasteiger partial charge on any atom is -0.444 e. The molecule has 6 nitrogen and oxygen atoms in total. The Hall–Kier alpha value is -2.22. The molecule has 1 aromatic carbocycles. The van der Waals surface area contributed by atoms with E-state index in [2.05, 4.69) is 5.32 Å². The molecule has 2 fully saturated rings. The maximum absolute atomic E-state index is 14.0. The number of amides is 2. The van der Waals surface area contributed by atoms with Crippen molar-refractivity contribution in [1.29, 1.82) is 0 Å². The molecule has 0 radical (unpaired) electrons. The highest BCUT2D eigenvalue weighted by Crippen LogP contribution is 2.52. The Labute approximate surface area is 169 Å². The van der Waals surface area contributed by atoms with Crippen LogP contribution in [0.5, 0.6) is 0 Å². The van der Waals surface area contributed by atoms with E-state index in [0.717, 1.165) is 6.07 Å². The fourth-order valence-corrected chi connectivity index (χ4v) is 3.98. The summed E-state index contributed by atoms with van der Waals surface area (Å²) in [6, 6.07) is 3.58. The van der Waals surface area contributed by atoms with E-state index in [-0.39, 0.29) is 35.3 Å². The normalized spacial score (nSPS) is 24.7. The van der Waals surface area contributed by atoms with Crippen LogP contribution >= 0.6 is 0 Å². The van der Waals surface area contributed by atoms with Gasteiger partial charge in [-0.3, -0.25) is 4.79 Å². The number of likely N-dealkylation sites (tertiary alicyclic amines) is 1. The summed E-state index contributed by atoms with van der Waals surface area (Å²) in [5.41, 5.74) is -1.98. The molecule has 1 unspecified atom stereocenters. The molecule has 1 aliphatic carbocycles. The fraction of sp³-hybridized carbons (Fsp3) is 0.619. The Morgan fingerprint density at radius 1 is 1.17 bits per heavy atom. The Morgan fingerprint density at radius 2 is 1.76 bits per heavy atom. The monoisotopic (exact) mass is 410 g/mol. The Bertz CT molecular complexity index is 809. The van der Waals surface area contributed by atoms with Crippen LogP contribution in [0.25, 0.3) is 0 Å². The van der Waals surface area contributed by atoms with Crippen LogP contribution in [0.15, 0.2) is 18.2 Å². The van der Waals surface area contributed by atoms with E-state index in [0.29, 0.717) is 13.1 Å². The number of ether oxygens (including phenoxy) is 1. The molecule has 0 spiro atoms. The van der Waals surface area contributed by atoms with Crippen LogP contribution < -0.4 is 5.32 Å². The second-order valence-electron chi connectivity index (χ2n) is 9.50. The first-order valence-corrected chi connectivity index (χ1v) is 9.74. The first kappa shape index (κ1) is 21.5. The standard InChI is InChI=1S/C21H28F2N2O4/c1-20(2,3)29-19(28)25-9-12-13(10-25)15(12)18(27)24-21(4,5)17(26)11-7-6-8-14(22)16(11)23/h6-8,12-13,15,17,26H,9-10H2,1-5H3,(H,24,27)/t12-,13+,15+,17?. The van der Waals surface area contributed by atoms with Gasteiger partial charge in [-0.05, 0) is 52.5 Å². The van der Waals surface area contributed by atoms with Gasteiger partial charge in [0.2, 0.25) is 5.91 Å². The molecule has 3 rings (SSSR count). The first-order valence-electron chi connectivity index (χ1n) is 9.74. The lowest BCUT2D eigenvalue weighted by atomic mass is 9.90. The minimum atomic E-state index is -1.42. The molecule has 0 bridgehead atoms. The Morgan fingerprint density at radius 3 is 2.31 bits per heavy atom. The number of carbonyl (C=O) groups is 2. The lowest BCUT2D eigenvalue weighted by molar-refractivity contribution is -0.126. The zero-order valence-electron chi connectivity index (χ0n) is 17.3. The van der Waals surface area contributed by atoms with Crippen LogP contribution in [0.3, 0.4) is 0 Å². The summed E-state index contributed by atoms with van der Waals surface area (Å²) in [6.07, 6.45) is -1.81. The largest absolute Gasteiger partial charge is 0.444 e. The lowest BCUT2D eigenvalue weighted by Crippen LogP contribution is -2.50. The molecule has 1 aromatic rings. The van der Waals surface area contributed by atoms with Crippen molar-refractivity contribution in [1.82, 2.24) is 10.2 Å². The zero-order chi connectivity index (χ0) is 21.7. The van der Waals surface area contributed by atoms with Crippen LogP contribution in [0.1, 0.15) is 46.3 Å². The quantitative estimate of drug-likeness (QED) is 0.800. The highest BCUT2D eigenvalue weighted by Gasteiger charge is 2.61. The third kappa shape index (κ3) is 4.37. The predicted octanol–water partition coefficient (Wildman–Crippen LogP) is 3.01. The summed E-state index contributed by atoms with van der Waals surface area (Å²) in [5.74, 6) is -2.62. The van der Waals surface area contributed by atoms with E-state index in [1.165, 1.54) is 12.1 Å². The molecule has 2 amide bonds. The van der Waals surface area contributed by atoms with Gasteiger partial charge in [0.15, 0.2) is 11.6 Å². The van der Waals surface area contributed by atoms with Crippen LogP contribution in [0, 0.1) is 29.4 Å². The van der Waals surface area contributed by atoms with Crippen LogP contribution in [0.2, 0.25) is 0 Å². The van der Waals surface area contributed by atoms with Crippen molar-refractivity contribution in [3.05, 3.63) is 35.4 Å². The van der Waals surface area contributed by atoms with Crippen LogP contribution in [-0.2, 0) is 9.53 Å². The van der Waals surface area contributed by atoms with Gasteiger partial charge in [0.05, 0.1) is 5.54 Å². The van der Waals surface area contributed by atoms with E-state index >= 15 is 0 Å². The maximum Gasteiger partial charge on any atom is 0.410 e. The van der Waals surface area contributed by atoms with Crippen LogP contribution in [-0.4, -0.2) is 46.2 Å². The van der Waals surface area contributed by atoms with E-state index < -0.39 is 28.9 Å². The van der Waals surface area contributed by atoms with Gasteiger partial charge in [0.25, 0.3) is 0 Å². The lowest BCUT2D eigenvalue weighted by Gasteiger charge is -2.33. The van der Waals surface area contributed by atoms with Crippen molar-refractivity contribution in [2.24, 2.45) is 17.8 Å². The number of nitrogens with zero attached hydrogens (tertiary/aromatic N) is 1. The second-order valence-corrected chi connectivity index (χ2v) is 9.50. The van der Waals surface area contributed by atoms with E-state index in [9.17, 15) is 23.5 Å². The van der Waals surface area contributed by atoms with Crippen molar-refractivity contribution in [2.75, 3.05) is 13.1 Å². The van der Waals surface area contributed by atoms with Crippen molar-refractivity contribution in [3.8, 4) is 0 Å². The average molecular weight is 410 g/mol. The molecule has 8 heteroatoms. The Balaban J connectivity index is 1.58. The van der Waals surface area contributed by atoms with E-state index in [4.69, 9.17) is 4.74 Å². The van der Waals surface area contributed by atoms with Gasteiger partial charge in [-0.1, -0.05) is 12.1 Å². The van der Waals surface area contributed by atoms with Gasteiger partial charge in [-0.2, -0.15) is 0 Å².